The molecule has 0 fully saturated rings. The summed E-state index contributed by atoms with van der Waals surface area (Å²) in [6.45, 7) is 1.50. The van der Waals surface area contributed by atoms with Crippen LogP contribution in [0.4, 0.5) is 14.5 Å². The lowest BCUT2D eigenvalue weighted by Crippen LogP contribution is -2.25. The van der Waals surface area contributed by atoms with Crippen LogP contribution in [0.2, 0.25) is 0 Å². The Balaban J connectivity index is 1.91. The van der Waals surface area contributed by atoms with Crippen molar-refractivity contribution < 1.29 is 23.1 Å². The first-order chi connectivity index (χ1) is 10.9. The summed E-state index contributed by atoms with van der Waals surface area (Å²) in [6.07, 6.45) is -0.920. The maximum absolute atomic E-state index is 14.1. The van der Waals surface area contributed by atoms with Crippen LogP contribution in [0.15, 0.2) is 48.5 Å². The van der Waals surface area contributed by atoms with Crippen molar-refractivity contribution in [2.45, 2.75) is 19.0 Å². The van der Waals surface area contributed by atoms with E-state index in [1.165, 1.54) is 25.1 Å². The first kappa shape index (κ1) is 15.1. The number of halogens is 2. The fourth-order valence-electron chi connectivity index (χ4n) is 2.54. The summed E-state index contributed by atoms with van der Waals surface area (Å²) in [4.78, 5) is 23.5. The zero-order chi connectivity index (χ0) is 16.6. The standard InChI is InChI=1S/C17H13F2NO3/c1-10(23-15(21)11-6-3-2-4-7-11)12-8-5-9-13-14(12)17(18,19)16(22)20-13/h2-10H,1H3,(H,20,22). The zero-order valence-electron chi connectivity index (χ0n) is 12.2. The molecule has 118 valence electrons. The van der Waals surface area contributed by atoms with Gasteiger partial charge < -0.3 is 10.1 Å². The van der Waals surface area contributed by atoms with Crippen molar-refractivity contribution in [3.8, 4) is 0 Å². The minimum atomic E-state index is -3.64. The fraction of sp³-hybridized carbons (Fsp3) is 0.176. The molecule has 1 aliphatic rings. The van der Waals surface area contributed by atoms with Crippen molar-refractivity contribution in [1.82, 2.24) is 0 Å². The lowest BCUT2D eigenvalue weighted by molar-refractivity contribution is -0.139. The minimum Gasteiger partial charge on any atom is -0.454 e. The van der Waals surface area contributed by atoms with Gasteiger partial charge in [-0.2, -0.15) is 8.78 Å². The van der Waals surface area contributed by atoms with Crippen LogP contribution in [0.1, 0.15) is 34.5 Å². The lowest BCUT2D eigenvalue weighted by atomic mass is 9.98. The number of hydrogen-bond donors (Lipinski definition) is 1. The van der Waals surface area contributed by atoms with E-state index >= 15 is 0 Å². The number of rotatable bonds is 3. The number of carbonyl (C=O) groups excluding carboxylic acids is 2. The molecule has 1 heterocycles. The molecule has 0 saturated carbocycles. The average molecular weight is 317 g/mol. The number of ether oxygens (including phenoxy) is 1. The molecule has 1 unspecified atom stereocenters. The van der Waals surface area contributed by atoms with E-state index in [2.05, 4.69) is 5.32 Å². The molecule has 0 saturated heterocycles. The lowest BCUT2D eigenvalue weighted by Gasteiger charge is -2.18. The van der Waals surface area contributed by atoms with Gasteiger partial charge in [0.2, 0.25) is 0 Å². The van der Waals surface area contributed by atoms with Crippen LogP contribution >= 0.6 is 0 Å². The second-order valence-corrected chi connectivity index (χ2v) is 5.21. The molecule has 2 aromatic rings. The predicted molar refractivity (Wildman–Crippen MR) is 79.2 cm³/mol. The smallest absolute Gasteiger partial charge is 0.352 e. The van der Waals surface area contributed by atoms with Gasteiger partial charge in [-0.1, -0.05) is 30.3 Å². The zero-order valence-corrected chi connectivity index (χ0v) is 12.2. The van der Waals surface area contributed by atoms with E-state index in [0.717, 1.165) is 0 Å². The molecule has 2 aromatic carbocycles. The third kappa shape index (κ3) is 2.56. The van der Waals surface area contributed by atoms with Crippen LogP contribution in [-0.2, 0) is 15.5 Å². The molecular formula is C17H13F2NO3. The highest BCUT2D eigenvalue weighted by molar-refractivity contribution is 6.04. The highest BCUT2D eigenvalue weighted by atomic mass is 19.3. The quantitative estimate of drug-likeness (QED) is 0.879. The number of alkyl halides is 2. The van der Waals surface area contributed by atoms with Crippen molar-refractivity contribution in [2.75, 3.05) is 5.32 Å². The van der Waals surface area contributed by atoms with E-state index in [9.17, 15) is 18.4 Å². The maximum Gasteiger partial charge on any atom is 0.352 e. The predicted octanol–water partition coefficient (Wildman–Crippen LogP) is 3.65. The van der Waals surface area contributed by atoms with Gasteiger partial charge in [-0.25, -0.2) is 4.79 Å². The van der Waals surface area contributed by atoms with Crippen molar-refractivity contribution in [1.29, 1.82) is 0 Å². The summed E-state index contributed by atoms with van der Waals surface area (Å²) in [5.74, 6) is -5.63. The number of carbonyl (C=O) groups is 2. The van der Waals surface area contributed by atoms with Crippen molar-refractivity contribution in [3.05, 3.63) is 65.2 Å². The second-order valence-electron chi connectivity index (χ2n) is 5.21. The highest BCUT2D eigenvalue weighted by Crippen LogP contribution is 2.44. The number of esters is 1. The molecule has 4 nitrogen and oxygen atoms in total. The topological polar surface area (TPSA) is 55.4 Å². The third-order valence-corrected chi connectivity index (χ3v) is 3.68. The molecule has 23 heavy (non-hydrogen) atoms. The van der Waals surface area contributed by atoms with Crippen molar-refractivity contribution in [2.24, 2.45) is 0 Å². The normalized spacial score (nSPS) is 16.4. The van der Waals surface area contributed by atoms with E-state index in [1.54, 1.807) is 30.3 Å². The Morgan fingerprint density at radius 2 is 1.83 bits per heavy atom. The number of amides is 1. The number of anilines is 1. The molecule has 3 rings (SSSR count). The van der Waals surface area contributed by atoms with Gasteiger partial charge >= 0.3 is 11.9 Å². The van der Waals surface area contributed by atoms with Gasteiger partial charge in [0.15, 0.2) is 0 Å². The van der Waals surface area contributed by atoms with Crippen LogP contribution in [0.25, 0.3) is 0 Å². The van der Waals surface area contributed by atoms with Crippen LogP contribution in [0, 0.1) is 0 Å². The Morgan fingerprint density at radius 3 is 2.52 bits per heavy atom. The molecule has 0 aliphatic carbocycles. The molecule has 1 atom stereocenters. The number of fused-ring (bicyclic) bond motifs is 1. The van der Waals surface area contributed by atoms with Crippen molar-refractivity contribution in [3.63, 3.8) is 0 Å². The summed E-state index contributed by atoms with van der Waals surface area (Å²) in [5, 5.41) is 2.14. The molecule has 6 heteroatoms. The van der Waals surface area contributed by atoms with E-state index in [0.29, 0.717) is 5.56 Å². The largest absolute Gasteiger partial charge is 0.454 e. The summed E-state index contributed by atoms with van der Waals surface area (Å²) in [6, 6.07) is 12.6. The molecule has 1 N–H and O–H groups in total. The van der Waals surface area contributed by atoms with E-state index in [4.69, 9.17) is 4.74 Å². The van der Waals surface area contributed by atoms with Gasteiger partial charge in [0.05, 0.1) is 16.8 Å². The number of nitrogens with one attached hydrogen (secondary N) is 1. The number of benzene rings is 2. The van der Waals surface area contributed by atoms with Gasteiger partial charge in [0.25, 0.3) is 5.91 Å². The molecule has 0 radical (unpaired) electrons. The van der Waals surface area contributed by atoms with E-state index in [1.807, 2.05) is 0 Å². The Hall–Kier alpha value is -2.76. The van der Waals surface area contributed by atoms with E-state index < -0.39 is 29.5 Å². The monoisotopic (exact) mass is 317 g/mol. The Labute approximate surface area is 131 Å². The molecule has 0 spiro atoms. The minimum absolute atomic E-state index is 0.0418. The third-order valence-electron chi connectivity index (χ3n) is 3.68. The Bertz CT molecular complexity index is 775. The Morgan fingerprint density at radius 1 is 1.13 bits per heavy atom. The first-order valence-electron chi connectivity index (χ1n) is 7.00. The van der Waals surface area contributed by atoms with Crippen LogP contribution in [0.5, 0.6) is 0 Å². The Kier molecular flexibility index (Phi) is 3.60. The van der Waals surface area contributed by atoms with Gasteiger partial charge in [-0.15, -0.1) is 0 Å². The summed E-state index contributed by atoms with van der Waals surface area (Å²) in [5.41, 5.74) is 0.0430. The van der Waals surface area contributed by atoms with Crippen molar-refractivity contribution >= 4 is 17.6 Å². The molecule has 1 aliphatic heterocycles. The van der Waals surface area contributed by atoms with Gasteiger partial charge in [0, 0.05) is 5.56 Å². The van der Waals surface area contributed by atoms with Gasteiger partial charge in [0.1, 0.15) is 6.10 Å². The summed E-state index contributed by atoms with van der Waals surface area (Å²) in [7, 11) is 0. The van der Waals surface area contributed by atoms with Crippen LogP contribution < -0.4 is 5.32 Å². The molecular weight excluding hydrogens is 304 g/mol. The average Bonchev–Trinajstić information content (AvgIpc) is 2.78. The highest BCUT2D eigenvalue weighted by Gasteiger charge is 2.50. The summed E-state index contributed by atoms with van der Waals surface area (Å²) >= 11 is 0. The number of hydrogen-bond acceptors (Lipinski definition) is 3. The maximum atomic E-state index is 14.1. The SMILES string of the molecule is CC(OC(=O)c1ccccc1)c1cccc2c1C(F)(F)C(=O)N2. The van der Waals surface area contributed by atoms with Crippen LogP contribution in [-0.4, -0.2) is 11.9 Å². The van der Waals surface area contributed by atoms with Gasteiger partial charge in [-0.05, 0) is 25.1 Å². The van der Waals surface area contributed by atoms with Gasteiger partial charge in [-0.3, -0.25) is 4.79 Å². The summed E-state index contributed by atoms with van der Waals surface area (Å²) < 4.78 is 33.4. The second kappa shape index (κ2) is 5.46. The molecule has 1 amide bonds. The van der Waals surface area contributed by atoms with Crippen LogP contribution in [0.3, 0.4) is 0 Å². The fourth-order valence-corrected chi connectivity index (χ4v) is 2.54. The molecule has 0 aromatic heterocycles. The molecule has 0 bridgehead atoms. The van der Waals surface area contributed by atoms with E-state index in [-0.39, 0.29) is 11.3 Å². The first-order valence-corrected chi connectivity index (χ1v) is 7.00.